The zero-order valence-corrected chi connectivity index (χ0v) is 6.94. The van der Waals surface area contributed by atoms with Gasteiger partial charge in [-0.15, -0.1) is 0 Å². The lowest BCUT2D eigenvalue weighted by Crippen LogP contribution is -1.99. The first-order chi connectivity index (χ1) is 5.92. The predicted octanol–water partition coefficient (Wildman–Crippen LogP) is 1.89. The van der Waals surface area contributed by atoms with E-state index in [9.17, 15) is 4.79 Å². The average molecular weight is 164 g/mol. The second kappa shape index (κ2) is 3.17. The van der Waals surface area contributed by atoms with Crippen LogP contribution >= 0.6 is 0 Å². The third-order valence-electron chi connectivity index (χ3n) is 2.49. The fourth-order valence-corrected chi connectivity index (χ4v) is 1.87. The lowest BCUT2D eigenvalue weighted by molar-refractivity contribution is -0.107. The van der Waals surface area contributed by atoms with Gasteiger partial charge in [-0.2, -0.15) is 10.2 Å². The van der Waals surface area contributed by atoms with Crippen molar-refractivity contribution in [3.05, 3.63) is 11.6 Å². The molecule has 0 saturated heterocycles. The van der Waals surface area contributed by atoms with Crippen molar-refractivity contribution in [2.45, 2.75) is 37.8 Å². The van der Waals surface area contributed by atoms with Crippen LogP contribution in [0.4, 0.5) is 0 Å². The summed E-state index contributed by atoms with van der Waals surface area (Å²) in [6.07, 6.45) is 6.90. The van der Waals surface area contributed by atoms with Gasteiger partial charge in [-0.1, -0.05) is 6.08 Å². The molecule has 64 valence electrons. The monoisotopic (exact) mass is 164 g/mol. The van der Waals surface area contributed by atoms with Crippen LogP contribution in [0.3, 0.4) is 0 Å². The third-order valence-corrected chi connectivity index (χ3v) is 2.49. The highest BCUT2D eigenvalue weighted by molar-refractivity contribution is 5.49. The summed E-state index contributed by atoms with van der Waals surface area (Å²) in [5.74, 6) is 0. The summed E-state index contributed by atoms with van der Waals surface area (Å²) in [4.78, 5) is 10.1. The van der Waals surface area contributed by atoms with Crippen LogP contribution < -0.4 is 0 Å². The van der Waals surface area contributed by atoms with Crippen molar-refractivity contribution in [2.75, 3.05) is 0 Å². The van der Waals surface area contributed by atoms with Crippen LogP contribution in [-0.4, -0.2) is 18.4 Å². The van der Waals surface area contributed by atoms with Gasteiger partial charge in [0.15, 0.2) is 0 Å². The first-order valence-electron chi connectivity index (χ1n) is 4.45. The van der Waals surface area contributed by atoms with Crippen LogP contribution in [0.15, 0.2) is 21.9 Å². The van der Waals surface area contributed by atoms with E-state index in [0.29, 0.717) is 18.5 Å². The summed E-state index contributed by atoms with van der Waals surface area (Å²) < 4.78 is 0. The molecule has 0 N–H and O–H groups in total. The quantitative estimate of drug-likeness (QED) is 0.357. The molecule has 1 saturated carbocycles. The molecule has 2 atom stereocenters. The van der Waals surface area contributed by atoms with Gasteiger partial charge in [-0.3, -0.25) is 0 Å². The summed E-state index contributed by atoms with van der Waals surface area (Å²) in [6.45, 7) is 0. The van der Waals surface area contributed by atoms with E-state index in [0.717, 1.165) is 25.5 Å². The molecule has 0 aromatic carbocycles. The molecular weight excluding hydrogens is 152 g/mol. The molecule has 1 fully saturated rings. The number of hydrogen-bond donors (Lipinski definition) is 0. The first kappa shape index (κ1) is 7.65. The normalized spacial score (nSPS) is 31.2. The molecule has 1 aliphatic carbocycles. The van der Waals surface area contributed by atoms with Gasteiger partial charge in [0, 0.05) is 6.42 Å². The maximum absolute atomic E-state index is 10.1. The third kappa shape index (κ3) is 1.19. The van der Waals surface area contributed by atoms with E-state index in [1.165, 1.54) is 5.57 Å². The maximum atomic E-state index is 10.1. The van der Waals surface area contributed by atoms with Gasteiger partial charge in [0.05, 0.1) is 12.1 Å². The van der Waals surface area contributed by atoms with E-state index < -0.39 is 0 Å². The van der Waals surface area contributed by atoms with E-state index >= 15 is 0 Å². The van der Waals surface area contributed by atoms with Gasteiger partial charge >= 0.3 is 0 Å². The zero-order chi connectivity index (χ0) is 8.39. The number of hydrogen-bond acceptors (Lipinski definition) is 3. The lowest BCUT2D eigenvalue weighted by atomic mass is 10.1. The Hall–Kier alpha value is -0.990. The number of unbranched alkanes of at least 4 members (excludes halogenated alkanes) is 1. The Labute approximate surface area is 71.6 Å². The number of nitrogens with zero attached hydrogens (tertiary/aromatic N) is 2. The van der Waals surface area contributed by atoms with E-state index in [1.807, 2.05) is 0 Å². The Morgan fingerprint density at radius 2 is 1.92 bits per heavy atom. The molecule has 2 bridgehead atoms. The minimum absolute atomic E-state index is 0.363. The van der Waals surface area contributed by atoms with Gasteiger partial charge in [0.1, 0.15) is 6.29 Å². The molecule has 2 unspecified atom stereocenters. The second-order valence-electron chi connectivity index (χ2n) is 3.29. The Kier molecular flexibility index (Phi) is 2.02. The van der Waals surface area contributed by atoms with Crippen molar-refractivity contribution in [1.82, 2.24) is 0 Å². The highest BCUT2D eigenvalue weighted by Gasteiger charge is 2.34. The topological polar surface area (TPSA) is 41.8 Å². The van der Waals surface area contributed by atoms with Crippen molar-refractivity contribution >= 4 is 6.29 Å². The number of allylic oxidation sites excluding steroid dienone is 1. The summed E-state index contributed by atoms with van der Waals surface area (Å²) in [7, 11) is 0. The van der Waals surface area contributed by atoms with Crippen molar-refractivity contribution in [2.24, 2.45) is 10.2 Å². The van der Waals surface area contributed by atoms with Crippen LogP contribution in [-0.2, 0) is 4.79 Å². The summed E-state index contributed by atoms with van der Waals surface area (Å²) >= 11 is 0. The smallest absolute Gasteiger partial charge is 0.120 e. The number of carbonyl (C=O) groups is 1. The highest BCUT2D eigenvalue weighted by atomic mass is 16.1. The van der Waals surface area contributed by atoms with Gasteiger partial charge in [-0.05, 0) is 24.8 Å². The number of fused-ring (bicyclic) bond motifs is 2. The molecule has 0 spiro atoms. The molecule has 3 heteroatoms. The Balaban J connectivity index is 1.97. The standard InChI is InChI=1S/C9H12N2O/c12-6-2-1-3-7-8-4-5-9(7)11-10-8/h3,6,8-9H,1-2,4-5H2. The SMILES string of the molecule is O=CCCC=C1C2CCC1N=N2. The fourth-order valence-electron chi connectivity index (χ4n) is 1.87. The summed E-state index contributed by atoms with van der Waals surface area (Å²) in [6, 6.07) is 0.725. The van der Waals surface area contributed by atoms with Gasteiger partial charge in [0.2, 0.25) is 0 Å². The minimum Gasteiger partial charge on any atom is -0.303 e. The van der Waals surface area contributed by atoms with Crippen LogP contribution in [0.5, 0.6) is 0 Å². The number of carbonyl (C=O) groups excluding carboxylic acids is 1. The number of rotatable bonds is 3. The summed E-state index contributed by atoms with van der Waals surface area (Å²) in [5, 5.41) is 8.26. The molecule has 0 radical (unpaired) electrons. The number of azo groups is 1. The largest absolute Gasteiger partial charge is 0.303 e. The highest BCUT2D eigenvalue weighted by Crippen LogP contribution is 2.36. The fraction of sp³-hybridized carbons (Fsp3) is 0.667. The van der Waals surface area contributed by atoms with Gasteiger partial charge in [-0.25, -0.2) is 0 Å². The average Bonchev–Trinajstić information content (AvgIpc) is 2.65. The zero-order valence-electron chi connectivity index (χ0n) is 6.94. The molecule has 2 rings (SSSR count). The molecule has 3 nitrogen and oxygen atoms in total. The Morgan fingerprint density at radius 1 is 1.25 bits per heavy atom. The Morgan fingerprint density at radius 3 is 2.42 bits per heavy atom. The van der Waals surface area contributed by atoms with Crippen molar-refractivity contribution in [1.29, 1.82) is 0 Å². The van der Waals surface area contributed by atoms with Crippen molar-refractivity contribution in [3.8, 4) is 0 Å². The van der Waals surface area contributed by atoms with Crippen LogP contribution in [0.25, 0.3) is 0 Å². The van der Waals surface area contributed by atoms with E-state index in [4.69, 9.17) is 0 Å². The molecule has 2 aliphatic rings. The van der Waals surface area contributed by atoms with Gasteiger partial charge in [0.25, 0.3) is 0 Å². The first-order valence-corrected chi connectivity index (χ1v) is 4.45. The number of aldehydes is 1. The molecule has 0 amide bonds. The van der Waals surface area contributed by atoms with E-state index in [1.54, 1.807) is 0 Å². The summed E-state index contributed by atoms with van der Waals surface area (Å²) in [5.41, 5.74) is 1.36. The van der Waals surface area contributed by atoms with Crippen LogP contribution in [0.2, 0.25) is 0 Å². The second-order valence-corrected chi connectivity index (χ2v) is 3.29. The van der Waals surface area contributed by atoms with Crippen LogP contribution in [0, 0.1) is 0 Å². The molecule has 12 heavy (non-hydrogen) atoms. The van der Waals surface area contributed by atoms with E-state index in [-0.39, 0.29) is 0 Å². The molecule has 0 aromatic rings. The predicted molar refractivity (Wildman–Crippen MR) is 45.0 cm³/mol. The van der Waals surface area contributed by atoms with E-state index in [2.05, 4.69) is 16.3 Å². The van der Waals surface area contributed by atoms with Crippen LogP contribution in [0.1, 0.15) is 25.7 Å². The molecular formula is C9H12N2O. The molecule has 0 aromatic heterocycles. The molecule has 1 aliphatic heterocycles. The van der Waals surface area contributed by atoms with Crippen molar-refractivity contribution < 1.29 is 4.79 Å². The minimum atomic E-state index is 0.363. The molecule has 1 heterocycles. The lowest BCUT2D eigenvalue weighted by Gasteiger charge is -1.98. The maximum Gasteiger partial charge on any atom is 0.120 e. The Bertz CT molecular complexity index is 229. The van der Waals surface area contributed by atoms with Crippen molar-refractivity contribution in [3.63, 3.8) is 0 Å². The van der Waals surface area contributed by atoms with Gasteiger partial charge < -0.3 is 4.79 Å².